The highest BCUT2D eigenvalue weighted by atomic mass is 17.3. The highest BCUT2D eigenvalue weighted by Gasteiger charge is 2.68. The van der Waals surface area contributed by atoms with Crippen LogP contribution in [0.1, 0.15) is 46.5 Å². The van der Waals surface area contributed by atoms with E-state index in [2.05, 4.69) is 12.2 Å². The van der Waals surface area contributed by atoms with Gasteiger partial charge >= 0.3 is 0 Å². The summed E-state index contributed by atoms with van der Waals surface area (Å²) < 4.78 is 6.12. The number of ether oxygens (including phenoxy) is 1. The molecule has 7 atom stereocenters. The first-order valence-corrected chi connectivity index (χ1v) is 7.81. The van der Waals surface area contributed by atoms with Crippen molar-refractivity contribution in [3.05, 3.63) is 0 Å². The molecule has 0 aromatic heterocycles. The first-order valence-electron chi connectivity index (χ1n) is 7.81. The van der Waals surface area contributed by atoms with Gasteiger partial charge in [0.25, 0.3) is 0 Å². The van der Waals surface area contributed by atoms with Crippen LogP contribution in [0.25, 0.3) is 0 Å². The average molecular weight is 281 g/mol. The van der Waals surface area contributed by atoms with Gasteiger partial charge in [-0.3, -0.25) is 4.79 Å². The van der Waals surface area contributed by atoms with Crippen molar-refractivity contribution < 1.29 is 19.3 Å². The number of carbonyl (C=O) groups is 1. The molecule has 1 saturated carbocycles. The Kier molecular flexibility index (Phi) is 2.58. The van der Waals surface area contributed by atoms with E-state index >= 15 is 0 Å². The Morgan fingerprint density at radius 3 is 2.75 bits per heavy atom. The first-order chi connectivity index (χ1) is 9.46. The molecule has 0 radical (unpaired) electrons. The lowest BCUT2D eigenvalue weighted by atomic mass is 9.57. The van der Waals surface area contributed by atoms with Gasteiger partial charge in [0.1, 0.15) is 0 Å². The van der Waals surface area contributed by atoms with E-state index in [9.17, 15) is 4.79 Å². The Balaban J connectivity index is 1.84. The number of hydrogen-bond acceptors (Lipinski definition) is 4. The molecule has 4 aliphatic heterocycles. The van der Waals surface area contributed by atoms with Gasteiger partial charge in [-0.05, 0) is 38.0 Å². The number of hydrogen-bond donors (Lipinski definition) is 1. The molecular formula is C15H23NO4. The monoisotopic (exact) mass is 281 g/mol. The minimum Gasteiger partial charge on any atom is -0.328 e. The van der Waals surface area contributed by atoms with Crippen molar-refractivity contribution in [3.8, 4) is 0 Å². The maximum Gasteiger partial charge on any atom is 0.225 e. The zero-order chi connectivity index (χ0) is 14.1. The minimum absolute atomic E-state index is 0.0455. The second-order valence-electron chi connectivity index (χ2n) is 7.26. The van der Waals surface area contributed by atoms with Crippen LogP contribution in [0, 0.1) is 23.7 Å². The van der Waals surface area contributed by atoms with Crippen LogP contribution >= 0.6 is 0 Å². The summed E-state index contributed by atoms with van der Waals surface area (Å²) in [5.74, 6) is 0.452. The van der Waals surface area contributed by atoms with Gasteiger partial charge in [0.15, 0.2) is 11.8 Å². The third-order valence-corrected chi connectivity index (χ3v) is 6.12. The van der Waals surface area contributed by atoms with Crippen LogP contribution in [-0.2, 0) is 19.3 Å². The van der Waals surface area contributed by atoms with Gasteiger partial charge in [-0.15, -0.1) is 0 Å². The predicted octanol–water partition coefficient (Wildman–Crippen LogP) is 1.97. The number of carbonyl (C=O) groups excluding carboxylic acids is 1. The minimum atomic E-state index is -0.731. The number of rotatable bonds is 0. The smallest absolute Gasteiger partial charge is 0.225 e. The van der Waals surface area contributed by atoms with Crippen molar-refractivity contribution >= 4 is 5.91 Å². The fraction of sp³-hybridized carbons (Fsp3) is 0.933. The molecule has 0 aromatic rings. The quantitative estimate of drug-likeness (QED) is 0.690. The fourth-order valence-electron chi connectivity index (χ4n) is 4.92. The van der Waals surface area contributed by atoms with Crippen molar-refractivity contribution in [2.45, 2.75) is 64.1 Å². The maximum atomic E-state index is 12.2. The van der Waals surface area contributed by atoms with Crippen LogP contribution < -0.4 is 5.32 Å². The van der Waals surface area contributed by atoms with E-state index < -0.39 is 11.4 Å². The molecule has 4 heterocycles. The molecule has 0 aromatic carbocycles. The lowest BCUT2D eigenvalue weighted by molar-refractivity contribution is -0.538. The second-order valence-corrected chi connectivity index (χ2v) is 7.26. The molecule has 112 valence electrons. The summed E-state index contributed by atoms with van der Waals surface area (Å²) in [6.07, 6.45) is 3.64. The van der Waals surface area contributed by atoms with E-state index in [4.69, 9.17) is 14.5 Å². The Morgan fingerprint density at radius 1 is 1.15 bits per heavy atom. The van der Waals surface area contributed by atoms with Crippen molar-refractivity contribution in [1.82, 2.24) is 5.32 Å². The molecule has 1 spiro atoms. The molecule has 7 unspecified atom stereocenters. The van der Waals surface area contributed by atoms with E-state index in [0.29, 0.717) is 11.8 Å². The van der Waals surface area contributed by atoms with E-state index in [1.54, 1.807) is 0 Å². The Hall–Kier alpha value is -0.650. The molecule has 1 N–H and O–H groups in total. The molecule has 5 nitrogen and oxygen atoms in total. The van der Waals surface area contributed by atoms with Crippen molar-refractivity contribution in [2.24, 2.45) is 23.7 Å². The molecule has 1 aliphatic carbocycles. The summed E-state index contributed by atoms with van der Waals surface area (Å²) in [7, 11) is 0. The molecule has 5 heteroatoms. The predicted molar refractivity (Wildman–Crippen MR) is 70.1 cm³/mol. The molecule has 2 bridgehead atoms. The number of fused-ring (bicyclic) bond motifs is 2. The van der Waals surface area contributed by atoms with Gasteiger partial charge in [0.2, 0.25) is 11.7 Å². The normalized spacial score (nSPS) is 57.8. The molecule has 1 amide bonds. The number of nitrogens with one attached hydrogen (secondary N) is 1. The third kappa shape index (κ3) is 1.46. The van der Waals surface area contributed by atoms with E-state index in [-0.39, 0.29) is 24.0 Å². The van der Waals surface area contributed by atoms with E-state index in [0.717, 1.165) is 25.7 Å². The van der Waals surface area contributed by atoms with Crippen LogP contribution in [0.15, 0.2) is 0 Å². The van der Waals surface area contributed by atoms with Gasteiger partial charge in [-0.25, -0.2) is 9.78 Å². The maximum absolute atomic E-state index is 12.2. The van der Waals surface area contributed by atoms with Crippen LogP contribution in [0.5, 0.6) is 0 Å². The summed E-state index contributed by atoms with van der Waals surface area (Å²) in [5.41, 5.74) is -0.499. The second kappa shape index (κ2) is 3.96. The molecule has 20 heavy (non-hydrogen) atoms. The van der Waals surface area contributed by atoms with Gasteiger partial charge in [-0.2, -0.15) is 0 Å². The fourth-order valence-corrected chi connectivity index (χ4v) is 4.92. The van der Waals surface area contributed by atoms with E-state index in [1.165, 1.54) is 0 Å². The topological polar surface area (TPSA) is 56.8 Å². The molecule has 4 saturated heterocycles. The van der Waals surface area contributed by atoms with Crippen LogP contribution in [0.3, 0.4) is 0 Å². The zero-order valence-electron chi connectivity index (χ0n) is 12.3. The lowest BCUT2D eigenvalue weighted by Gasteiger charge is -2.58. The van der Waals surface area contributed by atoms with Crippen molar-refractivity contribution in [1.29, 1.82) is 0 Å². The Morgan fingerprint density at radius 2 is 1.95 bits per heavy atom. The van der Waals surface area contributed by atoms with Crippen molar-refractivity contribution in [2.75, 3.05) is 0 Å². The van der Waals surface area contributed by atoms with Gasteiger partial charge < -0.3 is 10.1 Å². The summed E-state index contributed by atoms with van der Waals surface area (Å²) in [6, 6.07) is 0. The molecule has 5 fully saturated rings. The molecule has 5 rings (SSSR count). The molecular weight excluding hydrogens is 258 g/mol. The van der Waals surface area contributed by atoms with Crippen LogP contribution in [-0.4, -0.2) is 23.5 Å². The largest absolute Gasteiger partial charge is 0.328 e. The van der Waals surface area contributed by atoms with Gasteiger partial charge in [-0.1, -0.05) is 13.8 Å². The summed E-state index contributed by atoms with van der Waals surface area (Å²) in [6.45, 7) is 6.19. The lowest BCUT2D eigenvalue weighted by Crippen LogP contribution is -2.74. The summed E-state index contributed by atoms with van der Waals surface area (Å²) in [4.78, 5) is 23.9. The zero-order valence-corrected chi connectivity index (χ0v) is 12.3. The standard InChI is InChI=1S/C15H23NO4/c1-8-4-5-11-9(2)12(17)16-13-15(11)10(8)6-7-14(3,18-13)19-20-15/h8-11,13H,4-7H2,1-3H3,(H,16,17). The summed E-state index contributed by atoms with van der Waals surface area (Å²) in [5, 5.41) is 3.04. The SMILES string of the molecule is CC1CCC2C(C)C(=O)NC3OC4(C)CCC1C32OO4. The third-order valence-electron chi connectivity index (χ3n) is 6.12. The van der Waals surface area contributed by atoms with Crippen LogP contribution in [0.4, 0.5) is 0 Å². The Bertz CT molecular complexity index is 455. The first kappa shape index (κ1) is 13.0. The Labute approximate surface area is 119 Å². The van der Waals surface area contributed by atoms with Gasteiger partial charge in [0, 0.05) is 18.3 Å². The van der Waals surface area contributed by atoms with Crippen LogP contribution in [0.2, 0.25) is 0 Å². The highest BCUT2D eigenvalue weighted by Crippen LogP contribution is 2.58. The summed E-state index contributed by atoms with van der Waals surface area (Å²) >= 11 is 0. The van der Waals surface area contributed by atoms with Gasteiger partial charge in [0.05, 0.1) is 0 Å². The number of amides is 1. The number of piperidine rings is 1. The highest BCUT2D eigenvalue weighted by molar-refractivity contribution is 5.80. The van der Waals surface area contributed by atoms with Crippen molar-refractivity contribution in [3.63, 3.8) is 0 Å². The average Bonchev–Trinajstić information content (AvgIpc) is 2.63. The molecule has 5 aliphatic rings. The van der Waals surface area contributed by atoms with E-state index in [1.807, 2.05) is 13.8 Å².